The number of hydrogen-bond acceptors (Lipinski definition) is 4. The molecule has 152 valence electrons. The Kier molecular flexibility index (Phi) is 5.15. The number of carbonyl (C=O) groups excluding carboxylic acids is 2. The Morgan fingerprint density at radius 1 is 1.11 bits per heavy atom. The molecular weight excluding hydrogens is 359 g/mol. The first kappa shape index (κ1) is 20.6. The minimum Gasteiger partial charge on any atom is -0.447 e. The molecule has 0 bridgehead atoms. The minimum absolute atomic E-state index is 0.202. The first-order chi connectivity index (χ1) is 13.0. The third-order valence-corrected chi connectivity index (χ3v) is 5.73. The van der Waals surface area contributed by atoms with E-state index in [1.165, 1.54) is 0 Å². The fourth-order valence-corrected chi connectivity index (χ4v) is 4.20. The van der Waals surface area contributed by atoms with Gasteiger partial charge in [-0.1, -0.05) is 12.5 Å². The Morgan fingerprint density at radius 2 is 1.71 bits per heavy atom. The van der Waals surface area contributed by atoms with Gasteiger partial charge in [-0.3, -0.25) is 4.79 Å². The van der Waals surface area contributed by atoms with Crippen LogP contribution in [-0.2, 0) is 19.1 Å². The smallest absolute Gasteiger partial charge is 0.343 e. The molecule has 1 aromatic carbocycles. The molecule has 0 atom stereocenters. The lowest BCUT2D eigenvalue weighted by Crippen LogP contribution is -2.37. The second kappa shape index (κ2) is 7.02. The highest BCUT2D eigenvalue weighted by Gasteiger charge is 2.52. The van der Waals surface area contributed by atoms with Crippen LogP contribution in [0.4, 0.5) is 4.39 Å². The quantitative estimate of drug-likeness (QED) is 0.644. The van der Waals surface area contributed by atoms with Gasteiger partial charge in [-0.2, -0.15) is 0 Å². The molecule has 0 radical (unpaired) electrons. The molecule has 3 rings (SSSR count). The number of carbonyl (C=O) groups is 2. The van der Waals surface area contributed by atoms with E-state index < -0.39 is 23.0 Å². The molecule has 1 aromatic rings. The molecule has 1 saturated carbocycles. The third kappa shape index (κ3) is 3.36. The summed E-state index contributed by atoms with van der Waals surface area (Å²) >= 11 is 0. The summed E-state index contributed by atoms with van der Waals surface area (Å²) in [5.74, 6) is -1.04. The summed E-state index contributed by atoms with van der Waals surface area (Å²) in [6, 6.07) is 1.72. The Morgan fingerprint density at radius 3 is 2.29 bits per heavy atom. The summed E-state index contributed by atoms with van der Waals surface area (Å²) in [6.07, 6.45) is 4.05. The molecule has 1 heterocycles. The summed E-state index contributed by atoms with van der Waals surface area (Å²) in [5, 5.41) is 0. The zero-order valence-corrected chi connectivity index (χ0v) is 17.6. The van der Waals surface area contributed by atoms with Crippen LogP contribution in [0.3, 0.4) is 0 Å². The van der Waals surface area contributed by atoms with E-state index in [0.29, 0.717) is 29.5 Å². The molecule has 0 unspecified atom stereocenters. The molecule has 0 saturated heterocycles. The maximum absolute atomic E-state index is 14.7. The zero-order valence-electron chi connectivity index (χ0n) is 17.6. The van der Waals surface area contributed by atoms with Gasteiger partial charge in [0.25, 0.3) is 0 Å². The Bertz CT molecular complexity index is 868. The predicted molar refractivity (Wildman–Crippen MR) is 105 cm³/mol. The van der Waals surface area contributed by atoms with E-state index in [9.17, 15) is 14.0 Å². The molecule has 5 heteroatoms. The van der Waals surface area contributed by atoms with Crippen LogP contribution in [0.25, 0.3) is 5.57 Å². The van der Waals surface area contributed by atoms with Crippen molar-refractivity contribution >= 4 is 17.5 Å². The molecule has 4 nitrogen and oxygen atoms in total. The van der Waals surface area contributed by atoms with Crippen molar-refractivity contribution in [1.29, 1.82) is 0 Å². The topological polar surface area (TPSA) is 52.6 Å². The molecule has 0 aromatic heterocycles. The lowest BCUT2D eigenvalue weighted by Gasteiger charge is -2.34. The van der Waals surface area contributed by atoms with Crippen molar-refractivity contribution < 1.29 is 23.5 Å². The number of rotatable bonds is 2. The van der Waals surface area contributed by atoms with E-state index in [0.717, 1.165) is 24.8 Å². The van der Waals surface area contributed by atoms with Crippen molar-refractivity contribution in [1.82, 2.24) is 0 Å². The van der Waals surface area contributed by atoms with Crippen LogP contribution in [0.15, 0.2) is 11.8 Å². The van der Waals surface area contributed by atoms with Gasteiger partial charge in [-0.15, -0.1) is 0 Å². The van der Waals surface area contributed by atoms with E-state index in [1.807, 2.05) is 6.92 Å². The predicted octanol–water partition coefficient (Wildman–Crippen LogP) is 5.31. The average Bonchev–Trinajstić information content (AvgIpc) is 2.84. The molecule has 1 fully saturated rings. The number of esters is 2. The van der Waals surface area contributed by atoms with Gasteiger partial charge in [0.05, 0.1) is 5.41 Å². The monoisotopic (exact) mass is 388 g/mol. The van der Waals surface area contributed by atoms with Crippen LogP contribution in [-0.4, -0.2) is 17.5 Å². The van der Waals surface area contributed by atoms with Crippen LogP contribution in [0.5, 0.6) is 0 Å². The number of benzene rings is 1. The average molecular weight is 388 g/mol. The van der Waals surface area contributed by atoms with Crippen LogP contribution in [0.1, 0.15) is 75.1 Å². The molecule has 0 N–H and O–H groups in total. The highest BCUT2D eigenvalue weighted by atomic mass is 19.1. The number of ether oxygens (including phenoxy) is 2. The lowest BCUT2D eigenvalue weighted by molar-refractivity contribution is -0.159. The van der Waals surface area contributed by atoms with Crippen LogP contribution in [0, 0.1) is 32.0 Å². The maximum atomic E-state index is 14.7. The number of hydrogen-bond donors (Lipinski definition) is 0. The minimum atomic E-state index is -0.925. The summed E-state index contributed by atoms with van der Waals surface area (Å²) in [4.78, 5) is 25.7. The van der Waals surface area contributed by atoms with Crippen LogP contribution >= 0.6 is 0 Å². The molecule has 1 spiro atoms. The Hall–Kier alpha value is -2.17. The maximum Gasteiger partial charge on any atom is 0.343 e. The highest BCUT2D eigenvalue weighted by Crippen LogP contribution is 2.48. The fourth-order valence-electron chi connectivity index (χ4n) is 4.20. The first-order valence-electron chi connectivity index (χ1n) is 9.95. The fraction of sp³-hybridized carbons (Fsp3) is 0.565. The first-order valence-corrected chi connectivity index (χ1v) is 9.95. The van der Waals surface area contributed by atoms with Crippen molar-refractivity contribution in [3.05, 3.63) is 39.9 Å². The largest absolute Gasteiger partial charge is 0.447 e. The highest BCUT2D eigenvalue weighted by molar-refractivity contribution is 6.21. The van der Waals surface area contributed by atoms with Crippen molar-refractivity contribution in [3.63, 3.8) is 0 Å². The van der Waals surface area contributed by atoms with E-state index in [-0.39, 0.29) is 17.1 Å². The standard InChI is InChI=1S/C23H29FO4/c1-13-12-14(2)18(24)15(3)16(13)17-19(27-21(26)22(4,5)6)23(28-20(17)25)10-8-7-9-11-23/h12H,7-11H2,1-6H3. The molecule has 1 aliphatic heterocycles. The van der Waals surface area contributed by atoms with Crippen LogP contribution < -0.4 is 0 Å². The summed E-state index contributed by atoms with van der Waals surface area (Å²) in [6.45, 7) is 10.5. The van der Waals surface area contributed by atoms with Gasteiger partial charge in [0.15, 0.2) is 11.4 Å². The Labute approximate surface area is 166 Å². The van der Waals surface area contributed by atoms with Gasteiger partial charge in [0, 0.05) is 5.56 Å². The van der Waals surface area contributed by atoms with Crippen molar-refractivity contribution in [3.8, 4) is 0 Å². The molecule has 2 aliphatic rings. The van der Waals surface area contributed by atoms with Gasteiger partial charge in [-0.25, -0.2) is 9.18 Å². The van der Waals surface area contributed by atoms with Gasteiger partial charge in [0.1, 0.15) is 11.4 Å². The summed E-state index contributed by atoms with van der Waals surface area (Å²) < 4.78 is 26.4. The van der Waals surface area contributed by atoms with Gasteiger partial charge < -0.3 is 9.47 Å². The lowest BCUT2D eigenvalue weighted by atomic mass is 9.81. The van der Waals surface area contributed by atoms with E-state index in [1.54, 1.807) is 40.7 Å². The molecular formula is C23H29FO4. The van der Waals surface area contributed by atoms with E-state index in [4.69, 9.17) is 9.47 Å². The number of halogens is 1. The van der Waals surface area contributed by atoms with Gasteiger partial charge >= 0.3 is 11.9 Å². The summed E-state index contributed by atoms with van der Waals surface area (Å²) in [7, 11) is 0. The molecule has 0 amide bonds. The van der Waals surface area contributed by atoms with Gasteiger partial charge in [0.2, 0.25) is 0 Å². The summed E-state index contributed by atoms with van der Waals surface area (Å²) in [5.41, 5.74) is 0.683. The van der Waals surface area contributed by atoms with Gasteiger partial charge in [-0.05, 0) is 83.9 Å². The second-order valence-electron chi connectivity index (χ2n) is 9.11. The van der Waals surface area contributed by atoms with Crippen LogP contribution in [0.2, 0.25) is 0 Å². The third-order valence-electron chi connectivity index (χ3n) is 5.73. The number of aryl methyl sites for hydroxylation is 2. The van der Waals surface area contributed by atoms with Crippen molar-refractivity contribution in [2.24, 2.45) is 5.41 Å². The SMILES string of the molecule is Cc1cc(C)c(C2=C(OC(=O)C(C)(C)C)C3(CCCCC3)OC2=O)c(C)c1F. The molecule has 1 aliphatic carbocycles. The zero-order chi connectivity index (χ0) is 20.9. The normalized spacial score (nSPS) is 19.2. The molecule has 28 heavy (non-hydrogen) atoms. The van der Waals surface area contributed by atoms with Crippen molar-refractivity contribution in [2.75, 3.05) is 0 Å². The Balaban J connectivity index is 2.25. The van der Waals surface area contributed by atoms with E-state index in [2.05, 4.69) is 0 Å². The second-order valence-corrected chi connectivity index (χ2v) is 9.11. The van der Waals surface area contributed by atoms with E-state index >= 15 is 0 Å². The van der Waals surface area contributed by atoms with Crippen molar-refractivity contribution in [2.45, 2.75) is 79.2 Å².